The van der Waals surface area contributed by atoms with Crippen molar-refractivity contribution in [2.45, 2.75) is 4.90 Å². The Morgan fingerprint density at radius 2 is 1.65 bits per heavy atom. The number of hydrogen-bond donors (Lipinski definition) is 1. The van der Waals surface area contributed by atoms with E-state index in [1.807, 2.05) is 0 Å². The summed E-state index contributed by atoms with van der Waals surface area (Å²) in [4.78, 5) is 23.3. The van der Waals surface area contributed by atoms with Gasteiger partial charge in [-0.15, -0.1) is 0 Å². The molecule has 8 heteroatoms. The van der Waals surface area contributed by atoms with Crippen LogP contribution < -0.4 is 4.74 Å². The summed E-state index contributed by atoms with van der Waals surface area (Å²) in [6.07, 6.45) is 0. The molecule has 0 aliphatic rings. The average molecular weight is 336 g/mol. The topological polar surface area (TPSA) is 107 Å². The normalized spacial score (nSPS) is 10.9. The van der Waals surface area contributed by atoms with E-state index in [2.05, 4.69) is 4.74 Å². The minimum atomic E-state index is -4.67. The van der Waals surface area contributed by atoms with Crippen molar-refractivity contribution in [3.05, 3.63) is 59.7 Å². The van der Waals surface area contributed by atoms with Crippen LogP contribution in [0.15, 0.2) is 53.4 Å². The molecule has 0 aliphatic heterocycles. The maximum absolute atomic E-state index is 12.1. The van der Waals surface area contributed by atoms with Crippen molar-refractivity contribution >= 4 is 22.1 Å². The third kappa shape index (κ3) is 3.93. The van der Waals surface area contributed by atoms with Crippen LogP contribution in [0.1, 0.15) is 20.7 Å². The summed E-state index contributed by atoms with van der Waals surface area (Å²) in [6.45, 7) is 0. The zero-order chi connectivity index (χ0) is 17.0. The zero-order valence-corrected chi connectivity index (χ0v) is 12.7. The Labute approximate surface area is 132 Å². The highest BCUT2D eigenvalue weighted by atomic mass is 32.2. The van der Waals surface area contributed by atoms with Crippen molar-refractivity contribution in [2.75, 3.05) is 7.11 Å². The number of carbonyl (C=O) groups excluding carboxylic acids is 2. The van der Waals surface area contributed by atoms with Gasteiger partial charge >= 0.3 is 11.9 Å². The largest absolute Gasteiger partial charge is 0.497 e. The summed E-state index contributed by atoms with van der Waals surface area (Å²) in [5, 5.41) is 0. The van der Waals surface area contributed by atoms with Crippen molar-refractivity contribution in [2.24, 2.45) is 0 Å². The number of methoxy groups -OCH3 is 1. The summed E-state index contributed by atoms with van der Waals surface area (Å²) < 4.78 is 41.4. The van der Waals surface area contributed by atoms with Crippen LogP contribution in [-0.2, 0) is 14.9 Å². The molecule has 0 aliphatic carbocycles. The number of esters is 2. The molecule has 0 saturated carbocycles. The fraction of sp³-hybridized carbons (Fsp3) is 0.0667. The SMILES string of the molecule is COc1ccc(S(=O)(=O)O)c(C(=O)OC(=O)c2ccccc2)c1. The molecule has 0 fully saturated rings. The number of benzene rings is 2. The van der Waals surface area contributed by atoms with Gasteiger partial charge in [0.1, 0.15) is 10.6 Å². The van der Waals surface area contributed by atoms with E-state index in [1.165, 1.54) is 25.3 Å². The first-order valence-corrected chi connectivity index (χ1v) is 7.74. The monoisotopic (exact) mass is 336 g/mol. The minimum Gasteiger partial charge on any atom is -0.497 e. The van der Waals surface area contributed by atoms with Crippen LogP contribution in [-0.4, -0.2) is 32.0 Å². The maximum atomic E-state index is 12.1. The molecule has 2 aromatic carbocycles. The third-order valence-electron chi connectivity index (χ3n) is 2.88. The van der Waals surface area contributed by atoms with Gasteiger partial charge in [-0.2, -0.15) is 8.42 Å². The Morgan fingerprint density at radius 3 is 2.22 bits per heavy atom. The van der Waals surface area contributed by atoms with Crippen molar-refractivity contribution < 1.29 is 32.0 Å². The van der Waals surface area contributed by atoms with Gasteiger partial charge in [0.25, 0.3) is 10.1 Å². The molecular formula is C15H12O7S. The van der Waals surface area contributed by atoms with E-state index in [1.54, 1.807) is 18.2 Å². The molecule has 0 spiro atoms. The van der Waals surface area contributed by atoms with E-state index in [4.69, 9.17) is 4.74 Å². The lowest BCUT2D eigenvalue weighted by Gasteiger charge is -2.08. The highest BCUT2D eigenvalue weighted by molar-refractivity contribution is 7.86. The Bertz CT molecular complexity index is 841. The quantitative estimate of drug-likeness (QED) is 0.516. The van der Waals surface area contributed by atoms with Crippen molar-refractivity contribution in [3.63, 3.8) is 0 Å². The second-order valence-corrected chi connectivity index (χ2v) is 5.77. The molecular weight excluding hydrogens is 324 g/mol. The van der Waals surface area contributed by atoms with Crippen molar-refractivity contribution in [1.82, 2.24) is 0 Å². The predicted octanol–water partition coefficient (Wildman–Crippen LogP) is 1.94. The van der Waals surface area contributed by atoms with Gasteiger partial charge < -0.3 is 9.47 Å². The van der Waals surface area contributed by atoms with E-state index in [-0.39, 0.29) is 11.3 Å². The third-order valence-corrected chi connectivity index (χ3v) is 3.79. The number of hydrogen-bond acceptors (Lipinski definition) is 6. The Kier molecular flexibility index (Phi) is 4.77. The summed E-state index contributed by atoms with van der Waals surface area (Å²) in [5.74, 6) is -2.00. The van der Waals surface area contributed by atoms with E-state index >= 15 is 0 Å². The molecule has 7 nitrogen and oxygen atoms in total. The summed E-state index contributed by atoms with van der Waals surface area (Å²) >= 11 is 0. The molecule has 2 aromatic rings. The van der Waals surface area contributed by atoms with Gasteiger partial charge in [0.05, 0.1) is 18.2 Å². The van der Waals surface area contributed by atoms with Crippen LogP contribution in [0.2, 0.25) is 0 Å². The maximum Gasteiger partial charge on any atom is 0.347 e. The molecule has 0 radical (unpaired) electrons. The lowest BCUT2D eigenvalue weighted by Crippen LogP contribution is -2.16. The standard InChI is InChI=1S/C15H12O7S/c1-21-11-7-8-13(23(18,19)20)12(9-11)15(17)22-14(16)10-5-3-2-4-6-10/h2-9H,1H3,(H,18,19,20). The second-order valence-electron chi connectivity index (χ2n) is 4.38. The Morgan fingerprint density at radius 1 is 1.00 bits per heavy atom. The molecule has 0 heterocycles. The predicted molar refractivity (Wildman–Crippen MR) is 79.0 cm³/mol. The van der Waals surface area contributed by atoms with Crippen molar-refractivity contribution in [1.29, 1.82) is 0 Å². The Hall–Kier alpha value is -2.71. The van der Waals surface area contributed by atoms with Crippen LogP contribution >= 0.6 is 0 Å². The number of ether oxygens (including phenoxy) is 2. The molecule has 0 saturated heterocycles. The van der Waals surface area contributed by atoms with Crippen LogP contribution in [0.3, 0.4) is 0 Å². The van der Waals surface area contributed by atoms with Gasteiger partial charge in [-0.1, -0.05) is 18.2 Å². The van der Waals surface area contributed by atoms with Gasteiger partial charge in [0.2, 0.25) is 0 Å². The minimum absolute atomic E-state index is 0.122. The molecule has 0 amide bonds. The molecule has 1 N–H and O–H groups in total. The van der Waals surface area contributed by atoms with Gasteiger partial charge in [0.15, 0.2) is 0 Å². The van der Waals surface area contributed by atoms with E-state index in [0.717, 1.165) is 12.1 Å². The molecule has 120 valence electrons. The fourth-order valence-corrected chi connectivity index (χ4v) is 2.45. The van der Waals surface area contributed by atoms with Gasteiger partial charge in [0, 0.05) is 0 Å². The van der Waals surface area contributed by atoms with E-state index < -0.39 is 32.5 Å². The molecule has 0 atom stereocenters. The smallest absolute Gasteiger partial charge is 0.347 e. The number of rotatable bonds is 4. The molecule has 0 bridgehead atoms. The van der Waals surface area contributed by atoms with Crippen LogP contribution in [0.5, 0.6) is 5.75 Å². The van der Waals surface area contributed by atoms with Gasteiger partial charge in [-0.25, -0.2) is 9.59 Å². The van der Waals surface area contributed by atoms with Crippen LogP contribution in [0, 0.1) is 0 Å². The Balaban J connectivity index is 2.37. The van der Waals surface area contributed by atoms with Gasteiger partial charge in [-0.3, -0.25) is 4.55 Å². The molecule has 23 heavy (non-hydrogen) atoms. The number of carbonyl (C=O) groups is 2. The second kappa shape index (κ2) is 6.59. The highest BCUT2D eigenvalue weighted by Gasteiger charge is 2.24. The van der Waals surface area contributed by atoms with Crippen molar-refractivity contribution in [3.8, 4) is 5.75 Å². The van der Waals surface area contributed by atoms with Crippen LogP contribution in [0.25, 0.3) is 0 Å². The van der Waals surface area contributed by atoms with Crippen LogP contribution in [0.4, 0.5) is 0 Å². The molecule has 0 aromatic heterocycles. The summed E-state index contributed by atoms with van der Waals surface area (Å²) in [7, 11) is -3.36. The first-order valence-electron chi connectivity index (χ1n) is 6.30. The first-order chi connectivity index (χ1) is 10.8. The lowest BCUT2D eigenvalue weighted by molar-refractivity contribution is 0.0394. The van der Waals surface area contributed by atoms with E-state index in [0.29, 0.717) is 0 Å². The first kappa shape index (κ1) is 16.7. The van der Waals surface area contributed by atoms with E-state index in [9.17, 15) is 22.6 Å². The van der Waals surface area contributed by atoms with Gasteiger partial charge in [-0.05, 0) is 30.3 Å². The molecule has 2 rings (SSSR count). The molecule has 0 unspecified atom stereocenters. The summed E-state index contributed by atoms with van der Waals surface area (Å²) in [6, 6.07) is 11.0. The fourth-order valence-electron chi connectivity index (χ4n) is 1.79. The lowest BCUT2D eigenvalue weighted by atomic mass is 10.2. The average Bonchev–Trinajstić information content (AvgIpc) is 2.54. The highest BCUT2D eigenvalue weighted by Crippen LogP contribution is 2.23. The zero-order valence-electron chi connectivity index (χ0n) is 11.9. The summed E-state index contributed by atoms with van der Waals surface area (Å²) in [5.41, 5.74) is -0.381.